The van der Waals surface area contributed by atoms with Gasteiger partial charge in [0.1, 0.15) is 11.5 Å². The van der Waals surface area contributed by atoms with E-state index in [1.807, 2.05) is 42.5 Å². The van der Waals surface area contributed by atoms with Crippen molar-refractivity contribution in [2.45, 2.75) is 25.7 Å². The normalized spacial score (nSPS) is 15.7. The number of pyridine rings is 1. The summed E-state index contributed by atoms with van der Waals surface area (Å²) in [4.78, 5) is 27.9. The van der Waals surface area contributed by atoms with E-state index in [4.69, 9.17) is 9.97 Å². The van der Waals surface area contributed by atoms with Gasteiger partial charge in [-0.05, 0) is 56.0 Å². The number of hydrogen-bond acceptors (Lipinski definition) is 5. The minimum atomic E-state index is -0.0474. The van der Waals surface area contributed by atoms with Crippen molar-refractivity contribution in [3.8, 4) is 11.5 Å². The molecule has 0 radical (unpaired) electrons. The second kappa shape index (κ2) is 7.50. The molecule has 5 rings (SSSR count). The van der Waals surface area contributed by atoms with Crippen LogP contribution >= 0.6 is 0 Å². The van der Waals surface area contributed by atoms with Crippen molar-refractivity contribution in [3.63, 3.8) is 0 Å². The Morgan fingerprint density at radius 3 is 2.86 bits per heavy atom. The van der Waals surface area contributed by atoms with Crippen LogP contribution in [0, 0.1) is 0 Å². The zero-order chi connectivity index (χ0) is 19.6. The third-order valence-corrected chi connectivity index (χ3v) is 5.33. The SMILES string of the molecule is O=C1NCCCN1c1cccc(Nc2nc(-c3ccccn3)nc3c2CCC3)c1. The number of nitrogens with one attached hydrogen (secondary N) is 2. The summed E-state index contributed by atoms with van der Waals surface area (Å²) >= 11 is 0. The molecule has 2 N–H and O–H groups in total. The van der Waals surface area contributed by atoms with Gasteiger partial charge in [-0.25, -0.2) is 14.8 Å². The number of aryl methyl sites for hydroxylation is 1. The fraction of sp³-hybridized carbons (Fsp3) is 0.273. The van der Waals surface area contributed by atoms with Crippen LogP contribution in [0.1, 0.15) is 24.1 Å². The molecule has 7 nitrogen and oxygen atoms in total. The molecule has 0 saturated carbocycles. The standard InChI is InChI=1S/C22H22N6O/c29-22-24-12-5-13-28(22)16-7-3-6-15(14-16)25-20-17-8-4-10-18(17)26-21(27-20)19-9-1-2-11-23-19/h1-3,6-7,9,11,14H,4-5,8,10,12-13H2,(H,24,29)(H,25,26,27). The van der Waals surface area contributed by atoms with Crippen molar-refractivity contribution in [2.24, 2.45) is 0 Å². The Labute approximate surface area is 169 Å². The molecule has 7 heteroatoms. The zero-order valence-electron chi connectivity index (χ0n) is 16.1. The van der Waals surface area contributed by atoms with Gasteiger partial charge in [0.05, 0.1) is 0 Å². The van der Waals surface area contributed by atoms with Crippen LogP contribution in [0.2, 0.25) is 0 Å². The molecule has 146 valence electrons. The smallest absolute Gasteiger partial charge is 0.321 e. The summed E-state index contributed by atoms with van der Waals surface area (Å²) in [6.45, 7) is 1.46. The third kappa shape index (κ3) is 3.51. The van der Waals surface area contributed by atoms with Crippen LogP contribution in [0.3, 0.4) is 0 Å². The summed E-state index contributed by atoms with van der Waals surface area (Å²) in [5, 5.41) is 6.37. The fourth-order valence-electron chi connectivity index (χ4n) is 3.91. The summed E-state index contributed by atoms with van der Waals surface area (Å²) in [5.74, 6) is 1.47. The molecular weight excluding hydrogens is 364 g/mol. The number of benzene rings is 1. The van der Waals surface area contributed by atoms with Crippen LogP contribution < -0.4 is 15.5 Å². The van der Waals surface area contributed by atoms with Crippen molar-refractivity contribution in [1.29, 1.82) is 0 Å². The zero-order valence-corrected chi connectivity index (χ0v) is 16.1. The number of hydrogen-bond donors (Lipinski definition) is 2. The average molecular weight is 386 g/mol. The maximum absolute atomic E-state index is 12.2. The summed E-state index contributed by atoms with van der Waals surface area (Å²) in [6.07, 6.45) is 5.70. The van der Waals surface area contributed by atoms with Crippen LogP contribution in [0.4, 0.5) is 22.0 Å². The van der Waals surface area contributed by atoms with Crippen molar-refractivity contribution in [2.75, 3.05) is 23.3 Å². The minimum Gasteiger partial charge on any atom is -0.340 e. The van der Waals surface area contributed by atoms with E-state index in [2.05, 4.69) is 15.6 Å². The van der Waals surface area contributed by atoms with Crippen molar-refractivity contribution < 1.29 is 4.79 Å². The molecule has 1 saturated heterocycles. The van der Waals surface area contributed by atoms with E-state index in [1.165, 1.54) is 5.56 Å². The van der Waals surface area contributed by atoms with Gasteiger partial charge in [0.15, 0.2) is 5.82 Å². The number of carbonyl (C=O) groups excluding carboxylic acids is 1. The third-order valence-electron chi connectivity index (χ3n) is 5.33. The van der Waals surface area contributed by atoms with Gasteiger partial charge in [0.2, 0.25) is 0 Å². The molecule has 1 fully saturated rings. The molecule has 1 aliphatic heterocycles. The second-order valence-electron chi connectivity index (χ2n) is 7.30. The number of fused-ring (bicyclic) bond motifs is 1. The van der Waals surface area contributed by atoms with Crippen molar-refractivity contribution in [3.05, 3.63) is 59.9 Å². The van der Waals surface area contributed by atoms with Crippen molar-refractivity contribution >= 4 is 23.2 Å². The van der Waals surface area contributed by atoms with Crippen LogP contribution in [0.25, 0.3) is 11.5 Å². The van der Waals surface area contributed by atoms with Gasteiger partial charge in [-0.15, -0.1) is 0 Å². The van der Waals surface area contributed by atoms with E-state index in [-0.39, 0.29) is 6.03 Å². The first-order valence-corrected chi connectivity index (χ1v) is 10.0. The molecule has 0 bridgehead atoms. The molecule has 3 heterocycles. The molecule has 1 aromatic carbocycles. The molecule has 2 aliphatic rings. The lowest BCUT2D eigenvalue weighted by atomic mass is 10.2. The van der Waals surface area contributed by atoms with Gasteiger partial charge in [-0.3, -0.25) is 9.88 Å². The minimum absolute atomic E-state index is 0.0474. The monoisotopic (exact) mass is 386 g/mol. The Hall–Kier alpha value is -3.48. The molecule has 0 spiro atoms. The quantitative estimate of drug-likeness (QED) is 0.715. The average Bonchev–Trinajstić information content (AvgIpc) is 3.24. The summed E-state index contributed by atoms with van der Waals surface area (Å²) < 4.78 is 0. The molecule has 1 aliphatic carbocycles. The molecule has 2 aromatic heterocycles. The van der Waals surface area contributed by atoms with E-state index in [1.54, 1.807) is 11.1 Å². The van der Waals surface area contributed by atoms with Gasteiger partial charge in [0, 0.05) is 41.9 Å². The number of anilines is 3. The Morgan fingerprint density at radius 1 is 1.03 bits per heavy atom. The van der Waals surface area contributed by atoms with E-state index in [0.717, 1.165) is 67.4 Å². The molecule has 0 unspecified atom stereocenters. The number of urea groups is 1. The van der Waals surface area contributed by atoms with Gasteiger partial charge >= 0.3 is 6.03 Å². The number of rotatable bonds is 4. The summed E-state index contributed by atoms with van der Waals surface area (Å²) in [5.41, 5.74) is 4.81. The summed E-state index contributed by atoms with van der Waals surface area (Å²) in [7, 11) is 0. The van der Waals surface area contributed by atoms with E-state index in [9.17, 15) is 4.79 Å². The lowest BCUT2D eigenvalue weighted by Gasteiger charge is -2.27. The first-order valence-electron chi connectivity index (χ1n) is 10.0. The Kier molecular flexibility index (Phi) is 4.56. The number of nitrogens with zero attached hydrogens (tertiary/aromatic N) is 4. The molecule has 0 atom stereocenters. The second-order valence-corrected chi connectivity index (χ2v) is 7.30. The number of aromatic nitrogens is 3. The lowest BCUT2D eigenvalue weighted by Crippen LogP contribution is -2.46. The predicted molar refractivity (Wildman–Crippen MR) is 112 cm³/mol. The van der Waals surface area contributed by atoms with E-state index < -0.39 is 0 Å². The Bertz CT molecular complexity index is 1050. The van der Waals surface area contributed by atoms with Crippen molar-refractivity contribution in [1.82, 2.24) is 20.3 Å². The Morgan fingerprint density at radius 2 is 2.00 bits per heavy atom. The first kappa shape index (κ1) is 17.6. The maximum atomic E-state index is 12.2. The van der Waals surface area contributed by atoms with E-state index in [0.29, 0.717) is 5.82 Å². The lowest BCUT2D eigenvalue weighted by molar-refractivity contribution is 0.243. The van der Waals surface area contributed by atoms with Gasteiger partial charge < -0.3 is 10.6 Å². The number of amides is 2. The van der Waals surface area contributed by atoms with Crippen LogP contribution in [0.5, 0.6) is 0 Å². The van der Waals surface area contributed by atoms with Gasteiger partial charge in [0.25, 0.3) is 0 Å². The fourth-order valence-corrected chi connectivity index (χ4v) is 3.91. The highest BCUT2D eigenvalue weighted by molar-refractivity contribution is 5.93. The highest BCUT2D eigenvalue weighted by atomic mass is 16.2. The van der Waals surface area contributed by atoms with Gasteiger partial charge in [-0.2, -0.15) is 0 Å². The van der Waals surface area contributed by atoms with Crippen LogP contribution in [-0.4, -0.2) is 34.1 Å². The van der Waals surface area contributed by atoms with Crippen LogP contribution in [0.15, 0.2) is 48.7 Å². The summed E-state index contributed by atoms with van der Waals surface area (Å²) in [6, 6.07) is 13.6. The highest BCUT2D eigenvalue weighted by Gasteiger charge is 2.22. The Balaban J connectivity index is 1.48. The first-order chi connectivity index (χ1) is 14.3. The highest BCUT2D eigenvalue weighted by Crippen LogP contribution is 2.31. The van der Waals surface area contributed by atoms with Crippen LogP contribution in [-0.2, 0) is 12.8 Å². The topological polar surface area (TPSA) is 83.0 Å². The molecule has 2 amide bonds. The van der Waals surface area contributed by atoms with E-state index >= 15 is 0 Å². The maximum Gasteiger partial charge on any atom is 0.321 e. The predicted octanol–water partition coefficient (Wildman–Crippen LogP) is 3.69. The molecule has 3 aromatic rings. The van der Waals surface area contributed by atoms with Gasteiger partial charge in [-0.1, -0.05) is 12.1 Å². The largest absolute Gasteiger partial charge is 0.340 e. The molecule has 29 heavy (non-hydrogen) atoms. The molecular formula is C22H22N6O. The number of carbonyl (C=O) groups is 1.